The molecule has 0 aromatic heterocycles. The van der Waals surface area contributed by atoms with Crippen molar-refractivity contribution in [3.05, 3.63) is 54.1 Å². The molecular weight excluding hydrogens is 404 g/mol. The lowest BCUT2D eigenvalue weighted by molar-refractivity contribution is 0.107. The lowest BCUT2D eigenvalue weighted by atomic mass is 9.99. The number of hydrogen-bond donors (Lipinski definition) is 1. The van der Waals surface area contributed by atoms with Crippen molar-refractivity contribution in [2.24, 2.45) is 5.92 Å². The zero-order valence-electron chi connectivity index (χ0n) is 20.3. The summed E-state index contributed by atoms with van der Waals surface area (Å²) in [4.78, 5) is 0. The molecule has 0 bridgehead atoms. The van der Waals surface area contributed by atoms with E-state index in [-0.39, 0.29) is 5.54 Å². The molecule has 0 radical (unpaired) electrons. The van der Waals surface area contributed by atoms with Gasteiger partial charge in [0.1, 0.15) is 5.75 Å². The van der Waals surface area contributed by atoms with Gasteiger partial charge in [0.05, 0.1) is 0 Å². The Morgan fingerprint density at radius 2 is 1.65 bits per heavy atom. The molecule has 1 aromatic carbocycles. The molecule has 5 heteroatoms. The number of phenolic OH excluding ortho intramolecular Hbond substituents is 1. The van der Waals surface area contributed by atoms with E-state index in [4.69, 9.17) is 13.3 Å². The van der Waals surface area contributed by atoms with E-state index in [9.17, 15) is 5.11 Å². The number of aromatic hydroxyl groups is 1. The van der Waals surface area contributed by atoms with E-state index in [1.807, 2.05) is 12.1 Å². The molecule has 0 fully saturated rings. The summed E-state index contributed by atoms with van der Waals surface area (Å²) in [5, 5.41) is 9.54. The molecule has 1 rings (SSSR count). The summed E-state index contributed by atoms with van der Waals surface area (Å²) in [5.74, 6) is 0.698. The van der Waals surface area contributed by atoms with Crippen molar-refractivity contribution in [1.82, 2.24) is 0 Å². The molecule has 0 saturated carbocycles. The molecule has 4 nitrogen and oxygen atoms in total. The third-order valence-corrected chi connectivity index (χ3v) is 9.21. The minimum absolute atomic E-state index is 0.192. The number of phenols is 1. The molecule has 2 atom stereocenters. The van der Waals surface area contributed by atoms with Crippen molar-refractivity contribution in [2.45, 2.75) is 77.2 Å². The summed E-state index contributed by atoms with van der Waals surface area (Å²) >= 11 is 0. The highest BCUT2D eigenvalue weighted by Gasteiger charge is 2.47. The first-order valence-electron chi connectivity index (χ1n) is 11.8. The maximum absolute atomic E-state index is 9.54. The second-order valence-corrected chi connectivity index (χ2v) is 11.6. The smallest absolute Gasteiger partial charge is 0.503 e. The van der Waals surface area contributed by atoms with Gasteiger partial charge in [0.2, 0.25) is 0 Å². The van der Waals surface area contributed by atoms with Crippen LogP contribution < -0.4 is 0 Å². The Morgan fingerprint density at radius 1 is 0.935 bits per heavy atom. The molecule has 0 saturated heterocycles. The molecule has 0 aliphatic heterocycles. The van der Waals surface area contributed by atoms with E-state index in [1.54, 1.807) is 27.4 Å². The second-order valence-electron chi connectivity index (χ2n) is 8.22. The van der Waals surface area contributed by atoms with Gasteiger partial charge < -0.3 is 18.4 Å². The van der Waals surface area contributed by atoms with E-state index in [1.165, 1.54) is 37.7 Å². The molecule has 1 N–H and O–H groups in total. The summed E-state index contributed by atoms with van der Waals surface area (Å²) in [7, 11) is 2.41. The Hall–Kier alpha value is -1.40. The molecule has 0 heterocycles. The molecule has 0 spiro atoms. The largest absolute Gasteiger partial charge is 0.508 e. The zero-order valence-corrected chi connectivity index (χ0v) is 21.3. The third kappa shape index (κ3) is 10.2. The van der Waals surface area contributed by atoms with Crippen molar-refractivity contribution < 1.29 is 18.4 Å². The standard InChI is InChI=1S/C26H44O4Si/c1-6-7-8-14-19-25(23(2)31(28-3,29-4)30-5)20-15-12-10-9-11-13-17-24-18-16-21-26(27)22-24/h8,14-16,18,20-23,25,27H,6-7,9-13,17,19H2,1-5H3/b14-8+,20-15+. The highest BCUT2D eigenvalue weighted by Crippen LogP contribution is 2.34. The molecule has 0 aliphatic rings. The van der Waals surface area contributed by atoms with Crippen molar-refractivity contribution in [1.29, 1.82) is 0 Å². The Balaban J connectivity index is 2.48. The monoisotopic (exact) mass is 448 g/mol. The summed E-state index contributed by atoms with van der Waals surface area (Å²) in [6.07, 6.45) is 19.4. The quantitative estimate of drug-likeness (QED) is 0.157. The summed E-state index contributed by atoms with van der Waals surface area (Å²) in [6.45, 7) is 4.39. The Labute approximate surface area is 191 Å². The minimum Gasteiger partial charge on any atom is -0.508 e. The van der Waals surface area contributed by atoms with Gasteiger partial charge >= 0.3 is 8.80 Å². The molecular formula is C26H44O4Si. The van der Waals surface area contributed by atoms with Crippen LogP contribution >= 0.6 is 0 Å². The van der Waals surface area contributed by atoms with E-state index in [0.29, 0.717) is 11.7 Å². The maximum Gasteiger partial charge on any atom is 0.503 e. The average Bonchev–Trinajstić information content (AvgIpc) is 2.78. The predicted octanol–water partition coefficient (Wildman–Crippen LogP) is 7.07. The lowest BCUT2D eigenvalue weighted by Crippen LogP contribution is -2.48. The van der Waals surface area contributed by atoms with Gasteiger partial charge in [-0.05, 0) is 62.1 Å². The van der Waals surface area contributed by atoms with Crippen LogP contribution in [0.5, 0.6) is 5.75 Å². The van der Waals surface area contributed by atoms with E-state index in [2.05, 4.69) is 44.2 Å². The van der Waals surface area contributed by atoms with E-state index >= 15 is 0 Å². The van der Waals surface area contributed by atoms with Crippen LogP contribution in [0.25, 0.3) is 0 Å². The lowest BCUT2D eigenvalue weighted by Gasteiger charge is -2.33. The van der Waals surface area contributed by atoms with Crippen LogP contribution in [-0.4, -0.2) is 35.2 Å². The number of benzene rings is 1. The number of aryl methyl sites for hydroxylation is 1. The molecule has 0 aliphatic carbocycles. The number of rotatable bonds is 17. The van der Waals surface area contributed by atoms with Crippen LogP contribution in [0, 0.1) is 5.92 Å². The van der Waals surface area contributed by atoms with E-state index < -0.39 is 8.80 Å². The van der Waals surface area contributed by atoms with Gasteiger partial charge in [0, 0.05) is 26.9 Å². The van der Waals surface area contributed by atoms with Crippen LogP contribution in [0.1, 0.15) is 70.8 Å². The summed E-state index contributed by atoms with van der Waals surface area (Å²) < 4.78 is 17.2. The molecule has 0 amide bonds. The molecule has 31 heavy (non-hydrogen) atoms. The topological polar surface area (TPSA) is 47.9 Å². The number of unbranched alkanes of at least 4 members (excludes halogenated alkanes) is 5. The minimum atomic E-state index is -2.68. The molecule has 1 aromatic rings. The second kappa shape index (κ2) is 16.3. The summed E-state index contributed by atoms with van der Waals surface area (Å²) in [6, 6.07) is 7.59. The fourth-order valence-electron chi connectivity index (χ4n) is 3.98. The van der Waals surface area contributed by atoms with Gasteiger partial charge in [-0.2, -0.15) is 0 Å². The average molecular weight is 449 g/mol. The molecule has 176 valence electrons. The van der Waals surface area contributed by atoms with Crippen molar-refractivity contribution >= 4 is 8.80 Å². The van der Waals surface area contributed by atoms with Crippen molar-refractivity contribution in [2.75, 3.05) is 21.3 Å². The van der Waals surface area contributed by atoms with Gasteiger partial charge in [0.15, 0.2) is 0 Å². The van der Waals surface area contributed by atoms with Gasteiger partial charge in [0.25, 0.3) is 0 Å². The van der Waals surface area contributed by atoms with Crippen LogP contribution in [0.4, 0.5) is 0 Å². The Kier molecular flexibility index (Phi) is 14.5. The van der Waals surface area contributed by atoms with Gasteiger partial charge in [-0.25, -0.2) is 0 Å². The zero-order chi connectivity index (χ0) is 23.0. The first kappa shape index (κ1) is 27.6. The van der Waals surface area contributed by atoms with Crippen molar-refractivity contribution in [3.8, 4) is 5.75 Å². The van der Waals surface area contributed by atoms with Crippen LogP contribution in [0.3, 0.4) is 0 Å². The fourth-order valence-corrected chi connectivity index (χ4v) is 6.37. The predicted molar refractivity (Wildman–Crippen MR) is 132 cm³/mol. The fraction of sp³-hybridized carbons (Fsp3) is 0.615. The summed E-state index contributed by atoms with van der Waals surface area (Å²) in [5.41, 5.74) is 1.41. The van der Waals surface area contributed by atoms with Gasteiger partial charge in [-0.3, -0.25) is 0 Å². The SMILES string of the molecule is CCC/C=C/CC(/C=C/CCCCCCc1cccc(O)c1)C(C)[Si](OC)(OC)OC. The maximum atomic E-state index is 9.54. The number of hydrogen-bond acceptors (Lipinski definition) is 4. The third-order valence-electron chi connectivity index (χ3n) is 5.96. The van der Waals surface area contributed by atoms with Gasteiger partial charge in [-0.15, -0.1) is 0 Å². The first-order chi connectivity index (χ1) is 15.0. The van der Waals surface area contributed by atoms with Crippen LogP contribution in [0.2, 0.25) is 5.54 Å². The highest BCUT2D eigenvalue weighted by atomic mass is 28.4. The van der Waals surface area contributed by atoms with Gasteiger partial charge in [-0.1, -0.05) is 69.5 Å². The van der Waals surface area contributed by atoms with E-state index in [0.717, 1.165) is 25.7 Å². The Bertz CT molecular complexity index is 632. The normalized spacial score (nSPS) is 14.5. The van der Waals surface area contributed by atoms with Crippen LogP contribution in [-0.2, 0) is 19.7 Å². The molecule has 2 unspecified atom stereocenters. The first-order valence-corrected chi connectivity index (χ1v) is 13.6. The highest BCUT2D eigenvalue weighted by molar-refractivity contribution is 6.62. The number of allylic oxidation sites excluding steroid dienone is 4. The van der Waals surface area contributed by atoms with Crippen LogP contribution in [0.15, 0.2) is 48.6 Å². The van der Waals surface area contributed by atoms with Crippen molar-refractivity contribution in [3.63, 3.8) is 0 Å². The Morgan fingerprint density at radius 3 is 2.29 bits per heavy atom.